The lowest BCUT2D eigenvalue weighted by Gasteiger charge is -1.81. The van der Waals surface area contributed by atoms with Gasteiger partial charge in [-0.05, 0) is 0 Å². The first-order chi connectivity index (χ1) is 4.13. The van der Waals surface area contributed by atoms with Crippen molar-refractivity contribution >= 4 is 0 Å². The molecule has 0 aliphatic heterocycles. The molecule has 6 heteroatoms. The fourth-order valence-corrected chi connectivity index (χ4v) is 0.391. The van der Waals surface area contributed by atoms with Crippen LogP contribution in [0.2, 0.25) is 0 Å². The number of hydrogen-bond donors (Lipinski definition) is 5. The average Bonchev–Trinajstić information content (AvgIpc) is 1.98. The van der Waals surface area contributed by atoms with E-state index in [0.29, 0.717) is 0 Å². The molecule has 58 valence electrons. The van der Waals surface area contributed by atoms with E-state index in [1.807, 2.05) is 0 Å². The lowest BCUT2D eigenvalue weighted by Crippen LogP contribution is -1.56. The third kappa shape index (κ3) is 0.914. The Morgan fingerprint density at radius 3 is 1.20 bits per heavy atom. The molecule has 1 aromatic rings. The molecule has 0 aliphatic carbocycles. The predicted molar refractivity (Wildman–Crippen MR) is 30.4 cm³/mol. The molecular formula is C4H7NO5. The molecule has 0 unspecified atom stereocenters. The maximum Gasteiger partial charge on any atom is 0.333 e. The summed E-state index contributed by atoms with van der Waals surface area (Å²) in [6.45, 7) is 0. The van der Waals surface area contributed by atoms with Crippen molar-refractivity contribution in [1.29, 1.82) is 0 Å². The molecule has 1 aromatic heterocycles. The smallest absolute Gasteiger partial charge is 0.333 e. The molecule has 0 aliphatic rings. The van der Waals surface area contributed by atoms with Gasteiger partial charge in [0.2, 0.25) is 11.5 Å². The molecule has 0 saturated heterocycles. The molecule has 6 nitrogen and oxygen atoms in total. The minimum atomic E-state index is -0.898. The summed E-state index contributed by atoms with van der Waals surface area (Å²) in [6, 6.07) is 0. The average molecular weight is 149 g/mol. The summed E-state index contributed by atoms with van der Waals surface area (Å²) in [4.78, 5) is 0. The Labute approximate surface area is 55.5 Å². The van der Waals surface area contributed by atoms with E-state index in [0.717, 1.165) is 0 Å². The summed E-state index contributed by atoms with van der Waals surface area (Å²) in [6.07, 6.45) is 0. The number of furan rings is 1. The SMILES string of the molecule is N.Oc1oc(O)c(O)c1O. The van der Waals surface area contributed by atoms with Crippen LogP contribution in [0.5, 0.6) is 23.4 Å². The summed E-state index contributed by atoms with van der Waals surface area (Å²) < 4.78 is 3.96. The molecule has 0 amide bonds. The van der Waals surface area contributed by atoms with Gasteiger partial charge in [-0.25, -0.2) is 0 Å². The Morgan fingerprint density at radius 1 is 0.800 bits per heavy atom. The van der Waals surface area contributed by atoms with Gasteiger partial charge >= 0.3 is 11.9 Å². The van der Waals surface area contributed by atoms with Gasteiger partial charge in [0.25, 0.3) is 0 Å². The summed E-state index contributed by atoms with van der Waals surface area (Å²) >= 11 is 0. The Hall–Kier alpha value is -1.56. The molecule has 0 spiro atoms. The van der Waals surface area contributed by atoms with Crippen LogP contribution >= 0.6 is 0 Å². The van der Waals surface area contributed by atoms with Gasteiger partial charge in [-0.3, -0.25) is 0 Å². The quantitative estimate of drug-likeness (QED) is 0.360. The monoisotopic (exact) mass is 149 g/mol. The molecule has 0 radical (unpaired) electrons. The molecule has 1 heterocycles. The topological polar surface area (TPSA) is 129 Å². The van der Waals surface area contributed by atoms with E-state index in [4.69, 9.17) is 20.4 Å². The van der Waals surface area contributed by atoms with Crippen molar-refractivity contribution in [2.75, 3.05) is 0 Å². The van der Waals surface area contributed by atoms with Gasteiger partial charge in [0, 0.05) is 0 Å². The number of rotatable bonds is 0. The minimum Gasteiger partial charge on any atom is -0.499 e. The van der Waals surface area contributed by atoms with Crippen LogP contribution in [0.4, 0.5) is 0 Å². The van der Waals surface area contributed by atoms with Gasteiger partial charge in [-0.15, -0.1) is 0 Å². The van der Waals surface area contributed by atoms with E-state index < -0.39 is 23.4 Å². The summed E-state index contributed by atoms with van der Waals surface area (Å²) in [5.41, 5.74) is 0. The van der Waals surface area contributed by atoms with Crippen LogP contribution < -0.4 is 6.15 Å². The van der Waals surface area contributed by atoms with Crippen molar-refractivity contribution in [3.63, 3.8) is 0 Å². The molecule has 0 aromatic carbocycles. The van der Waals surface area contributed by atoms with Gasteiger partial charge in [-0.1, -0.05) is 0 Å². The van der Waals surface area contributed by atoms with Gasteiger partial charge in [0.15, 0.2) is 0 Å². The maximum atomic E-state index is 8.47. The molecule has 0 saturated carbocycles. The highest BCUT2D eigenvalue weighted by atomic mass is 16.6. The molecule has 0 bridgehead atoms. The third-order valence-electron chi connectivity index (χ3n) is 0.823. The van der Waals surface area contributed by atoms with E-state index in [9.17, 15) is 0 Å². The van der Waals surface area contributed by atoms with Crippen molar-refractivity contribution in [3.05, 3.63) is 0 Å². The summed E-state index contributed by atoms with van der Waals surface area (Å²) in [5.74, 6) is -3.50. The highest BCUT2D eigenvalue weighted by molar-refractivity contribution is 5.49. The second kappa shape index (κ2) is 2.36. The van der Waals surface area contributed by atoms with Crippen LogP contribution in [-0.2, 0) is 0 Å². The van der Waals surface area contributed by atoms with Gasteiger partial charge in [-0.2, -0.15) is 0 Å². The molecule has 0 fully saturated rings. The van der Waals surface area contributed by atoms with Crippen molar-refractivity contribution in [2.24, 2.45) is 0 Å². The maximum absolute atomic E-state index is 8.47. The van der Waals surface area contributed by atoms with Crippen molar-refractivity contribution in [2.45, 2.75) is 0 Å². The Morgan fingerprint density at radius 2 is 1.10 bits per heavy atom. The first-order valence-corrected chi connectivity index (χ1v) is 2.05. The van der Waals surface area contributed by atoms with Crippen LogP contribution in [0.15, 0.2) is 4.42 Å². The van der Waals surface area contributed by atoms with Crippen molar-refractivity contribution < 1.29 is 24.8 Å². The Bertz CT molecular complexity index is 207. The molecular weight excluding hydrogens is 142 g/mol. The fourth-order valence-electron chi connectivity index (χ4n) is 0.391. The van der Waals surface area contributed by atoms with E-state index in [1.165, 1.54) is 0 Å². The second-order valence-electron chi connectivity index (χ2n) is 1.41. The van der Waals surface area contributed by atoms with Gasteiger partial charge < -0.3 is 31.0 Å². The molecule has 7 N–H and O–H groups in total. The first-order valence-electron chi connectivity index (χ1n) is 2.05. The van der Waals surface area contributed by atoms with E-state index in [-0.39, 0.29) is 6.15 Å². The summed E-state index contributed by atoms with van der Waals surface area (Å²) in [5, 5.41) is 33.7. The van der Waals surface area contributed by atoms with Crippen molar-refractivity contribution in [1.82, 2.24) is 6.15 Å². The molecule has 0 atom stereocenters. The highest BCUT2D eigenvalue weighted by Gasteiger charge is 2.16. The zero-order chi connectivity index (χ0) is 7.02. The second-order valence-corrected chi connectivity index (χ2v) is 1.41. The van der Waals surface area contributed by atoms with Crippen molar-refractivity contribution in [3.8, 4) is 23.4 Å². The lowest BCUT2D eigenvalue weighted by molar-refractivity contribution is 0.252. The van der Waals surface area contributed by atoms with Crippen LogP contribution in [0.25, 0.3) is 0 Å². The van der Waals surface area contributed by atoms with Gasteiger partial charge in [0.05, 0.1) is 0 Å². The van der Waals surface area contributed by atoms with Crippen LogP contribution in [0.1, 0.15) is 0 Å². The zero-order valence-electron chi connectivity index (χ0n) is 4.90. The Balaban J connectivity index is 0.000000810. The highest BCUT2D eigenvalue weighted by Crippen LogP contribution is 2.44. The standard InChI is InChI=1S/C4H4O5.H3N/c5-1-2(6)4(8)9-3(1)7;/h5-8H;1H3. The van der Waals surface area contributed by atoms with E-state index in [1.54, 1.807) is 0 Å². The zero-order valence-corrected chi connectivity index (χ0v) is 4.90. The van der Waals surface area contributed by atoms with Gasteiger partial charge in [0.1, 0.15) is 0 Å². The van der Waals surface area contributed by atoms with Crippen LogP contribution in [0.3, 0.4) is 0 Å². The van der Waals surface area contributed by atoms with Crippen LogP contribution in [-0.4, -0.2) is 20.4 Å². The van der Waals surface area contributed by atoms with E-state index in [2.05, 4.69) is 4.42 Å². The largest absolute Gasteiger partial charge is 0.499 e. The third-order valence-corrected chi connectivity index (χ3v) is 0.823. The fraction of sp³-hybridized carbons (Fsp3) is 0. The molecule has 1 rings (SSSR count). The molecule has 10 heavy (non-hydrogen) atoms. The first kappa shape index (κ1) is 8.44. The summed E-state index contributed by atoms with van der Waals surface area (Å²) in [7, 11) is 0. The Kier molecular flexibility index (Phi) is 1.99. The van der Waals surface area contributed by atoms with Crippen LogP contribution in [0, 0.1) is 0 Å². The minimum absolute atomic E-state index is 0. The number of aromatic hydroxyl groups is 4. The number of hydrogen-bond acceptors (Lipinski definition) is 6. The lowest BCUT2D eigenvalue weighted by atomic mass is 10.5. The van der Waals surface area contributed by atoms with E-state index >= 15 is 0 Å². The predicted octanol–water partition coefficient (Wildman–Crippen LogP) is 0.264. The normalized spacial score (nSPS) is 8.80.